The van der Waals surface area contributed by atoms with Gasteiger partial charge in [0.1, 0.15) is 0 Å². The molecule has 0 heterocycles. The van der Waals surface area contributed by atoms with Crippen molar-refractivity contribution in [3.05, 3.63) is 0 Å². The van der Waals surface area contributed by atoms with E-state index in [4.69, 9.17) is 0 Å². The second-order valence-corrected chi connectivity index (χ2v) is 7.31. The molecular weight excluding hydrogens is 238 g/mol. The van der Waals surface area contributed by atoms with Crippen LogP contribution in [0.1, 0.15) is 60.3 Å². The molecule has 0 aliphatic heterocycles. The Morgan fingerprint density at radius 1 is 1.37 bits per heavy atom. The lowest BCUT2D eigenvalue weighted by Gasteiger charge is -2.45. The van der Waals surface area contributed by atoms with Crippen LogP contribution in [0, 0.1) is 17.3 Å². The highest BCUT2D eigenvalue weighted by atomic mass is 16.4. The molecule has 0 aromatic carbocycles. The lowest BCUT2D eigenvalue weighted by Crippen LogP contribution is -2.52. The lowest BCUT2D eigenvalue weighted by atomic mass is 9.75. The maximum absolute atomic E-state index is 11.5. The van der Waals surface area contributed by atoms with Gasteiger partial charge in [-0.2, -0.15) is 0 Å². The minimum atomic E-state index is -0.618. The zero-order chi connectivity index (χ0) is 14.8. The first-order chi connectivity index (χ1) is 8.68. The van der Waals surface area contributed by atoms with E-state index in [-0.39, 0.29) is 17.4 Å². The van der Waals surface area contributed by atoms with E-state index in [1.54, 1.807) is 0 Å². The molecule has 112 valence electrons. The quantitative estimate of drug-likeness (QED) is 0.847. The predicted molar refractivity (Wildman–Crippen MR) is 79.2 cm³/mol. The summed E-state index contributed by atoms with van der Waals surface area (Å²) < 4.78 is 0. The van der Waals surface area contributed by atoms with Crippen molar-refractivity contribution >= 4 is 5.97 Å². The molecule has 3 heteroatoms. The van der Waals surface area contributed by atoms with Gasteiger partial charge >= 0.3 is 5.97 Å². The number of carboxylic acids is 1. The largest absolute Gasteiger partial charge is 0.481 e. The summed E-state index contributed by atoms with van der Waals surface area (Å²) >= 11 is 0. The second kappa shape index (κ2) is 6.25. The van der Waals surface area contributed by atoms with Crippen LogP contribution in [0.5, 0.6) is 0 Å². The molecule has 4 unspecified atom stereocenters. The Hall–Kier alpha value is -0.570. The number of hydrogen-bond donors (Lipinski definition) is 1. The molecule has 0 amide bonds. The smallest absolute Gasteiger partial charge is 0.308 e. The number of hydrogen-bond acceptors (Lipinski definition) is 2. The van der Waals surface area contributed by atoms with Gasteiger partial charge in [-0.15, -0.1) is 0 Å². The summed E-state index contributed by atoms with van der Waals surface area (Å²) in [5.41, 5.74) is 0.178. The van der Waals surface area contributed by atoms with Gasteiger partial charge in [-0.25, -0.2) is 0 Å². The molecule has 1 aliphatic rings. The van der Waals surface area contributed by atoms with Crippen LogP contribution in [0.3, 0.4) is 0 Å². The highest BCUT2D eigenvalue weighted by Gasteiger charge is 2.39. The fourth-order valence-electron chi connectivity index (χ4n) is 3.24. The highest BCUT2D eigenvalue weighted by Crippen LogP contribution is 2.36. The third-order valence-corrected chi connectivity index (χ3v) is 5.21. The van der Waals surface area contributed by atoms with Crippen LogP contribution in [-0.4, -0.2) is 35.1 Å². The van der Waals surface area contributed by atoms with Gasteiger partial charge in [-0.3, -0.25) is 9.69 Å². The number of nitrogens with zero attached hydrogens (tertiary/aromatic N) is 1. The molecule has 1 aliphatic carbocycles. The zero-order valence-corrected chi connectivity index (χ0v) is 13.4. The average Bonchev–Trinajstić information content (AvgIpc) is 2.34. The Morgan fingerprint density at radius 3 is 2.37 bits per heavy atom. The van der Waals surface area contributed by atoms with E-state index in [9.17, 15) is 9.90 Å². The van der Waals surface area contributed by atoms with Crippen molar-refractivity contribution in [1.82, 2.24) is 4.90 Å². The SMILES string of the molecule is CCC1CCC(C(=O)O)C(N(C)C(C)C(C)(C)C)C1. The summed E-state index contributed by atoms with van der Waals surface area (Å²) in [6.07, 6.45) is 4.10. The number of aliphatic carboxylic acids is 1. The normalized spacial score (nSPS) is 30.4. The van der Waals surface area contributed by atoms with Crippen LogP contribution >= 0.6 is 0 Å². The van der Waals surface area contributed by atoms with Gasteiger partial charge in [0.2, 0.25) is 0 Å². The van der Waals surface area contributed by atoms with Crippen LogP contribution in [-0.2, 0) is 4.79 Å². The first-order valence-electron chi connectivity index (χ1n) is 7.63. The Balaban J connectivity index is 2.87. The second-order valence-electron chi connectivity index (χ2n) is 7.31. The van der Waals surface area contributed by atoms with E-state index in [1.807, 2.05) is 0 Å². The first kappa shape index (κ1) is 16.5. The maximum Gasteiger partial charge on any atom is 0.308 e. The van der Waals surface area contributed by atoms with Gasteiger partial charge < -0.3 is 5.11 Å². The van der Waals surface area contributed by atoms with Crippen LogP contribution in [0.2, 0.25) is 0 Å². The summed E-state index contributed by atoms with van der Waals surface area (Å²) in [6, 6.07) is 0.570. The van der Waals surface area contributed by atoms with Crippen molar-refractivity contribution in [1.29, 1.82) is 0 Å². The molecule has 19 heavy (non-hydrogen) atoms. The van der Waals surface area contributed by atoms with E-state index >= 15 is 0 Å². The van der Waals surface area contributed by atoms with E-state index < -0.39 is 5.97 Å². The molecule has 0 aromatic rings. The predicted octanol–water partition coefficient (Wildman–Crippen LogP) is 3.63. The van der Waals surface area contributed by atoms with Gasteiger partial charge in [-0.1, -0.05) is 34.1 Å². The van der Waals surface area contributed by atoms with Crippen molar-refractivity contribution in [2.75, 3.05) is 7.05 Å². The highest BCUT2D eigenvalue weighted by molar-refractivity contribution is 5.71. The summed E-state index contributed by atoms with van der Waals surface area (Å²) in [6.45, 7) is 11.1. The minimum Gasteiger partial charge on any atom is -0.481 e. The molecule has 0 bridgehead atoms. The summed E-state index contributed by atoms with van der Waals surface area (Å²) in [5, 5.41) is 9.47. The van der Waals surface area contributed by atoms with Crippen molar-refractivity contribution in [2.45, 2.75) is 72.4 Å². The topological polar surface area (TPSA) is 40.5 Å². The maximum atomic E-state index is 11.5. The van der Waals surface area contributed by atoms with Gasteiger partial charge in [0.25, 0.3) is 0 Å². The lowest BCUT2D eigenvalue weighted by molar-refractivity contribution is -0.147. The van der Waals surface area contributed by atoms with Crippen molar-refractivity contribution < 1.29 is 9.90 Å². The molecule has 0 radical (unpaired) electrons. The van der Waals surface area contributed by atoms with Crippen LogP contribution in [0.15, 0.2) is 0 Å². The number of rotatable bonds is 4. The first-order valence-corrected chi connectivity index (χ1v) is 7.63. The number of carbonyl (C=O) groups is 1. The molecule has 0 saturated heterocycles. The molecule has 4 atom stereocenters. The van der Waals surface area contributed by atoms with Crippen LogP contribution in [0.4, 0.5) is 0 Å². The third-order valence-electron chi connectivity index (χ3n) is 5.21. The van der Waals surface area contributed by atoms with Crippen molar-refractivity contribution in [2.24, 2.45) is 17.3 Å². The van der Waals surface area contributed by atoms with Gasteiger partial charge in [0, 0.05) is 12.1 Å². The molecule has 0 aromatic heterocycles. The number of carboxylic acid groups (broad SMARTS) is 1. The fourth-order valence-corrected chi connectivity index (χ4v) is 3.24. The molecule has 3 nitrogen and oxygen atoms in total. The van der Waals surface area contributed by atoms with E-state index in [0.717, 1.165) is 19.3 Å². The Kier molecular flexibility index (Phi) is 5.43. The minimum absolute atomic E-state index is 0.178. The Bertz CT molecular complexity index is 308. The van der Waals surface area contributed by atoms with Crippen molar-refractivity contribution in [3.63, 3.8) is 0 Å². The van der Waals surface area contributed by atoms with Gasteiger partial charge in [0.15, 0.2) is 0 Å². The molecular formula is C16H31NO2. The average molecular weight is 269 g/mol. The molecule has 1 rings (SSSR count). The third kappa shape index (κ3) is 3.95. The Labute approximate surface area is 118 Å². The monoisotopic (exact) mass is 269 g/mol. The van der Waals surface area contributed by atoms with Crippen LogP contribution in [0.25, 0.3) is 0 Å². The molecule has 1 N–H and O–H groups in total. The van der Waals surface area contributed by atoms with E-state index in [0.29, 0.717) is 12.0 Å². The molecule has 1 saturated carbocycles. The summed E-state index contributed by atoms with van der Waals surface area (Å²) in [7, 11) is 2.11. The van der Waals surface area contributed by atoms with Gasteiger partial charge in [0.05, 0.1) is 5.92 Å². The summed E-state index contributed by atoms with van der Waals surface area (Å²) in [5.74, 6) is -0.125. The van der Waals surface area contributed by atoms with Crippen LogP contribution < -0.4 is 0 Å². The standard InChI is InChI=1S/C16H31NO2/c1-7-12-8-9-13(15(18)19)14(10-12)17(6)11(2)16(3,4)5/h11-14H,7-10H2,1-6H3,(H,18,19). The molecule has 0 spiro atoms. The fraction of sp³-hybridized carbons (Fsp3) is 0.938. The zero-order valence-electron chi connectivity index (χ0n) is 13.4. The van der Waals surface area contributed by atoms with E-state index in [1.165, 1.54) is 6.42 Å². The van der Waals surface area contributed by atoms with Gasteiger partial charge in [-0.05, 0) is 44.6 Å². The van der Waals surface area contributed by atoms with Crippen molar-refractivity contribution in [3.8, 4) is 0 Å². The molecule has 1 fully saturated rings. The summed E-state index contributed by atoms with van der Waals surface area (Å²) in [4.78, 5) is 13.8. The Morgan fingerprint density at radius 2 is 1.95 bits per heavy atom. The van der Waals surface area contributed by atoms with E-state index in [2.05, 4.69) is 46.6 Å².